The Morgan fingerprint density at radius 2 is 2.05 bits per heavy atom. The minimum Gasteiger partial charge on any atom is -0.480 e. The number of hydrogen-bond donors (Lipinski definition) is 4. The largest absolute Gasteiger partial charge is 0.480 e. The summed E-state index contributed by atoms with van der Waals surface area (Å²) < 4.78 is 0. The van der Waals surface area contributed by atoms with Crippen LogP contribution in [0.1, 0.15) is 18.4 Å². The summed E-state index contributed by atoms with van der Waals surface area (Å²) >= 11 is 0. The summed E-state index contributed by atoms with van der Waals surface area (Å²) in [4.78, 5) is 33.3. The van der Waals surface area contributed by atoms with Gasteiger partial charge >= 0.3 is 5.97 Å². The first-order valence-electron chi connectivity index (χ1n) is 6.23. The number of amides is 2. The van der Waals surface area contributed by atoms with Crippen molar-refractivity contribution < 1.29 is 19.5 Å². The Bertz CT molecular complexity index is 569. The van der Waals surface area contributed by atoms with Gasteiger partial charge in [0.1, 0.15) is 6.04 Å². The molecule has 7 heteroatoms. The van der Waals surface area contributed by atoms with E-state index in [1.54, 1.807) is 24.3 Å². The van der Waals surface area contributed by atoms with E-state index < -0.39 is 23.8 Å². The minimum atomic E-state index is -1.22. The van der Waals surface area contributed by atoms with Gasteiger partial charge in [-0.15, -0.1) is 0 Å². The number of primary amides is 1. The zero-order valence-corrected chi connectivity index (χ0v) is 11.3. The Labute approximate surface area is 121 Å². The highest BCUT2D eigenvalue weighted by atomic mass is 16.4. The SMILES string of the molecule is NC(=O)CC[C@H](NC(=O)/C=C/c1cccc(N)c1)C(=O)O. The third kappa shape index (κ3) is 6.24. The molecule has 0 spiro atoms. The van der Waals surface area contributed by atoms with E-state index in [0.29, 0.717) is 11.3 Å². The number of rotatable bonds is 7. The Morgan fingerprint density at radius 3 is 2.62 bits per heavy atom. The van der Waals surface area contributed by atoms with Crippen molar-refractivity contribution in [1.82, 2.24) is 5.32 Å². The molecule has 112 valence electrons. The van der Waals surface area contributed by atoms with Crippen LogP contribution in [0.25, 0.3) is 6.08 Å². The number of nitrogens with two attached hydrogens (primary N) is 2. The molecule has 1 rings (SSSR count). The van der Waals surface area contributed by atoms with Crippen molar-refractivity contribution >= 4 is 29.5 Å². The fourth-order valence-electron chi connectivity index (χ4n) is 1.60. The number of benzene rings is 1. The van der Waals surface area contributed by atoms with E-state index in [1.807, 2.05) is 0 Å². The summed E-state index contributed by atoms with van der Waals surface area (Å²) in [5, 5.41) is 11.2. The molecule has 0 bridgehead atoms. The molecule has 0 saturated heterocycles. The molecule has 21 heavy (non-hydrogen) atoms. The van der Waals surface area contributed by atoms with E-state index in [4.69, 9.17) is 16.6 Å². The average molecular weight is 291 g/mol. The molecule has 6 N–H and O–H groups in total. The van der Waals surface area contributed by atoms with Gasteiger partial charge < -0.3 is 21.9 Å². The second-order valence-electron chi connectivity index (χ2n) is 4.41. The summed E-state index contributed by atoms with van der Waals surface area (Å²) in [6, 6.07) is 5.71. The quantitative estimate of drug-likeness (QED) is 0.418. The average Bonchev–Trinajstić information content (AvgIpc) is 2.40. The number of carbonyl (C=O) groups excluding carboxylic acids is 2. The molecule has 1 atom stereocenters. The Hall–Kier alpha value is -2.83. The van der Waals surface area contributed by atoms with E-state index in [0.717, 1.165) is 0 Å². The van der Waals surface area contributed by atoms with Gasteiger partial charge in [-0.2, -0.15) is 0 Å². The number of carbonyl (C=O) groups is 3. The van der Waals surface area contributed by atoms with Gasteiger partial charge in [-0.1, -0.05) is 12.1 Å². The fourth-order valence-corrected chi connectivity index (χ4v) is 1.60. The molecule has 0 heterocycles. The molecular formula is C14H17N3O4. The van der Waals surface area contributed by atoms with Crippen LogP contribution in [0.2, 0.25) is 0 Å². The standard InChI is InChI=1S/C14H17N3O4/c15-10-3-1-2-9(8-10)4-7-13(19)17-11(14(20)21)5-6-12(16)18/h1-4,7-8,11H,5-6,15H2,(H2,16,18)(H,17,19)(H,20,21)/b7-4+/t11-/m0/s1. The summed E-state index contributed by atoms with van der Waals surface area (Å²) in [5.74, 6) is -2.41. The molecule has 7 nitrogen and oxygen atoms in total. The van der Waals surface area contributed by atoms with Crippen LogP contribution < -0.4 is 16.8 Å². The van der Waals surface area contributed by atoms with Crippen LogP contribution in [0.15, 0.2) is 30.3 Å². The first-order valence-corrected chi connectivity index (χ1v) is 6.23. The Morgan fingerprint density at radius 1 is 1.33 bits per heavy atom. The number of carboxylic acid groups (broad SMARTS) is 1. The minimum absolute atomic E-state index is 0.0530. The number of hydrogen-bond acceptors (Lipinski definition) is 4. The normalized spacial score (nSPS) is 12.0. The second kappa shape index (κ2) is 7.68. The lowest BCUT2D eigenvalue weighted by Gasteiger charge is -2.11. The number of aliphatic carboxylic acids is 1. The van der Waals surface area contributed by atoms with E-state index in [-0.39, 0.29) is 12.8 Å². The molecule has 1 aromatic rings. The number of carboxylic acids is 1. The second-order valence-corrected chi connectivity index (χ2v) is 4.41. The van der Waals surface area contributed by atoms with E-state index in [2.05, 4.69) is 5.32 Å². The lowest BCUT2D eigenvalue weighted by atomic mass is 10.1. The molecule has 0 saturated carbocycles. The van der Waals surface area contributed by atoms with Crippen molar-refractivity contribution in [2.75, 3.05) is 5.73 Å². The maximum atomic E-state index is 11.7. The zero-order chi connectivity index (χ0) is 15.8. The van der Waals surface area contributed by atoms with Crippen molar-refractivity contribution in [2.24, 2.45) is 5.73 Å². The monoisotopic (exact) mass is 291 g/mol. The number of nitrogens with one attached hydrogen (secondary N) is 1. The highest BCUT2D eigenvalue weighted by Crippen LogP contribution is 2.08. The van der Waals surface area contributed by atoms with Gasteiger partial charge in [-0.05, 0) is 30.2 Å². The fraction of sp³-hybridized carbons (Fsp3) is 0.214. The smallest absolute Gasteiger partial charge is 0.326 e. The van der Waals surface area contributed by atoms with Crippen molar-refractivity contribution in [2.45, 2.75) is 18.9 Å². The zero-order valence-electron chi connectivity index (χ0n) is 11.3. The molecule has 2 amide bonds. The van der Waals surface area contributed by atoms with Gasteiger partial charge in [0.25, 0.3) is 0 Å². The Kier molecular flexibility index (Phi) is 5.94. The number of anilines is 1. The Balaban J connectivity index is 2.61. The van der Waals surface area contributed by atoms with E-state index in [1.165, 1.54) is 12.2 Å². The van der Waals surface area contributed by atoms with Gasteiger partial charge in [0.15, 0.2) is 0 Å². The molecule has 0 fully saturated rings. The molecule has 0 unspecified atom stereocenters. The van der Waals surface area contributed by atoms with E-state index in [9.17, 15) is 14.4 Å². The van der Waals surface area contributed by atoms with Crippen LogP contribution in [0.4, 0.5) is 5.69 Å². The van der Waals surface area contributed by atoms with Crippen molar-refractivity contribution in [3.05, 3.63) is 35.9 Å². The van der Waals surface area contributed by atoms with Crippen molar-refractivity contribution in [1.29, 1.82) is 0 Å². The summed E-state index contributed by atoms with van der Waals surface area (Å²) in [7, 11) is 0. The molecule has 0 aliphatic carbocycles. The maximum absolute atomic E-state index is 11.7. The molecular weight excluding hydrogens is 274 g/mol. The predicted molar refractivity (Wildman–Crippen MR) is 77.9 cm³/mol. The maximum Gasteiger partial charge on any atom is 0.326 e. The highest BCUT2D eigenvalue weighted by Gasteiger charge is 2.19. The molecule has 0 aromatic heterocycles. The van der Waals surface area contributed by atoms with Crippen LogP contribution in [0.5, 0.6) is 0 Å². The highest BCUT2D eigenvalue weighted by molar-refractivity contribution is 5.94. The summed E-state index contributed by atoms with van der Waals surface area (Å²) in [6.45, 7) is 0. The predicted octanol–water partition coefficient (Wildman–Crippen LogP) is 0.117. The van der Waals surface area contributed by atoms with Crippen molar-refractivity contribution in [3.8, 4) is 0 Å². The molecule has 0 aliphatic heterocycles. The van der Waals surface area contributed by atoms with Gasteiger partial charge in [-0.3, -0.25) is 9.59 Å². The van der Waals surface area contributed by atoms with Crippen LogP contribution in [0.3, 0.4) is 0 Å². The lowest BCUT2D eigenvalue weighted by molar-refractivity contribution is -0.141. The topological polar surface area (TPSA) is 136 Å². The third-order valence-corrected chi connectivity index (χ3v) is 2.63. The first kappa shape index (κ1) is 16.2. The van der Waals surface area contributed by atoms with Crippen LogP contribution >= 0.6 is 0 Å². The molecule has 0 radical (unpaired) electrons. The summed E-state index contributed by atoms with van der Waals surface area (Å²) in [6.07, 6.45) is 2.55. The van der Waals surface area contributed by atoms with E-state index >= 15 is 0 Å². The van der Waals surface area contributed by atoms with Crippen molar-refractivity contribution in [3.63, 3.8) is 0 Å². The molecule has 1 aromatic carbocycles. The van der Waals surface area contributed by atoms with Crippen LogP contribution in [-0.2, 0) is 14.4 Å². The molecule has 0 aliphatic rings. The van der Waals surface area contributed by atoms with Crippen LogP contribution in [0, 0.1) is 0 Å². The van der Waals surface area contributed by atoms with Gasteiger partial charge in [-0.25, -0.2) is 4.79 Å². The number of nitrogen functional groups attached to an aromatic ring is 1. The first-order chi connectivity index (χ1) is 9.88. The van der Waals surface area contributed by atoms with Gasteiger partial charge in [0, 0.05) is 18.2 Å². The van der Waals surface area contributed by atoms with Gasteiger partial charge in [0.2, 0.25) is 11.8 Å². The third-order valence-electron chi connectivity index (χ3n) is 2.63. The van der Waals surface area contributed by atoms with Gasteiger partial charge in [0.05, 0.1) is 0 Å². The lowest BCUT2D eigenvalue weighted by Crippen LogP contribution is -2.40. The summed E-state index contributed by atoms with van der Waals surface area (Å²) in [5.41, 5.74) is 11.8. The van der Waals surface area contributed by atoms with Crippen LogP contribution in [-0.4, -0.2) is 28.9 Å².